The van der Waals surface area contributed by atoms with Crippen molar-refractivity contribution in [1.82, 2.24) is 10.9 Å². The van der Waals surface area contributed by atoms with E-state index in [1.807, 2.05) is 24.1 Å². The van der Waals surface area contributed by atoms with Crippen LogP contribution in [0.15, 0.2) is 12.2 Å². The molecular weight excluding hydrogens is 308 g/mol. The maximum absolute atomic E-state index is 11.6. The van der Waals surface area contributed by atoms with Crippen LogP contribution in [0, 0.1) is 11.8 Å². The topological polar surface area (TPSA) is 110 Å². The summed E-state index contributed by atoms with van der Waals surface area (Å²) in [4.78, 5) is 22.8. The molecule has 0 aromatic heterocycles. The molecule has 2 unspecified atom stereocenters. The van der Waals surface area contributed by atoms with Crippen LogP contribution in [-0.4, -0.2) is 34.8 Å². The van der Waals surface area contributed by atoms with Crippen LogP contribution in [-0.2, 0) is 9.59 Å². The number of hydrogen-bond donors (Lipinski definition) is 4. The van der Waals surface area contributed by atoms with Crippen molar-refractivity contribution in [1.29, 1.82) is 0 Å². The van der Waals surface area contributed by atoms with E-state index in [2.05, 4.69) is 18.9 Å². The summed E-state index contributed by atoms with van der Waals surface area (Å²) in [6.07, 6.45) is 0.0480. The van der Waals surface area contributed by atoms with Gasteiger partial charge in [0, 0.05) is 23.7 Å². The smallest absolute Gasteiger partial charge is 0.238 e. The van der Waals surface area contributed by atoms with Crippen molar-refractivity contribution in [2.75, 3.05) is 23.0 Å². The summed E-state index contributed by atoms with van der Waals surface area (Å²) in [5.41, 5.74) is 5.31. The van der Waals surface area contributed by atoms with Crippen molar-refractivity contribution in [3.8, 4) is 0 Å². The molecule has 0 spiro atoms. The van der Waals surface area contributed by atoms with Gasteiger partial charge in [-0.25, -0.2) is 11.7 Å². The van der Waals surface area contributed by atoms with Crippen molar-refractivity contribution in [2.24, 2.45) is 23.5 Å². The molecule has 0 aromatic carbocycles. The van der Waals surface area contributed by atoms with Crippen LogP contribution in [0.3, 0.4) is 0 Å². The first kappa shape index (κ1) is 20.3. The first-order valence-corrected chi connectivity index (χ1v) is 9.04. The molecule has 0 rings (SSSR count). The van der Waals surface area contributed by atoms with Crippen molar-refractivity contribution < 1.29 is 9.59 Å². The summed E-state index contributed by atoms with van der Waals surface area (Å²) < 4.78 is 0. The second-order valence-corrected chi connectivity index (χ2v) is 7.17. The zero-order chi connectivity index (χ0) is 16.3. The van der Waals surface area contributed by atoms with Gasteiger partial charge in [0.25, 0.3) is 0 Å². The minimum atomic E-state index is -0.456. The van der Waals surface area contributed by atoms with Gasteiger partial charge in [-0.1, -0.05) is 19.1 Å². The van der Waals surface area contributed by atoms with Crippen molar-refractivity contribution in [3.63, 3.8) is 0 Å². The highest BCUT2D eigenvalue weighted by Crippen LogP contribution is 2.18. The van der Waals surface area contributed by atoms with Gasteiger partial charge in [-0.3, -0.25) is 20.4 Å². The molecule has 0 heterocycles. The summed E-state index contributed by atoms with van der Waals surface area (Å²) in [6, 6.07) is 0. The number of rotatable bonds is 11. The molecule has 122 valence electrons. The van der Waals surface area contributed by atoms with E-state index < -0.39 is 5.92 Å². The van der Waals surface area contributed by atoms with Crippen LogP contribution < -0.4 is 22.5 Å². The Morgan fingerprint density at radius 1 is 1.14 bits per heavy atom. The predicted molar refractivity (Wildman–Crippen MR) is 91.4 cm³/mol. The van der Waals surface area contributed by atoms with Crippen molar-refractivity contribution in [2.45, 2.75) is 20.3 Å². The van der Waals surface area contributed by atoms with Gasteiger partial charge >= 0.3 is 0 Å². The average Bonchev–Trinajstić information content (AvgIpc) is 2.47. The Morgan fingerprint density at radius 3 is 2.19 bits per heavy atom. The minimum Gasteiger partial charge on any atom is -0.294 e. The second kappa shape index (κ2) is 11.9. The molecule has 6 N–H and O–H groups in total. The van der Waals surface area contributed by atoms with Gasteiger partial charge in [-0.05, 0) is 18.6 Å². The third-order valence-corrected chi connectivity index (χ3v) is 5.62. The number of allylic oxidation sites excluding steroid dienone is 1. The lowest BCUT2D eigenvalue weighted by atomic mass is 10.1. The Balaban J connectivity index is 3.90. The van der Waals surface area contributed by atoms with Crippen molar-refractivity contribution >= 4 is 35.3 Å². The third-order valence-electron chi connectivity index (χ3n) is 3.01. The monoisotopic (exact) mass is 334 g/mol. The first-order valence-electron chi connectivity index (χ1n) is 6.73. The molecule has 8 heteroatoms. The largest absolute Gasteiger partial charge is 0.294 e. The highest BCUT2D eigenvalue weighted by molar-refractivity contribution is 8.02. The number of hydrazine groups is 2. The normalized spacial score (nSPS) is 13.3. The van der Waals surface area contributed by atoms with Crippen LogP contribution in [0.2, 0.25) is 0 Å². The number of amides is 2. The average molecular weight is 335 g/mol. The van der Waals surface area contributed by atoms with E-state index in [4.69, 9.17) is 11.7 Å². The molecule has 0 saturated carbocycles. The highest BCUT2D eigenvalue weighted by atomic mass is 32.2. The molecule has 0 aliphatic rings. The fraction of sp³-hybridized carbons (Fsp3) is 0.692. The molecule has 0 aliphatic carbocycles. The number of carbonyl (C=O) groups excluding carboxylic acids is 2. The number of nitrogens with one attached hydrogen (secondary N) is 2. The number of nitrogens with two attached hydrogens (primary N) is 2. The van der Waals surface area contributed by atoms with E-state index in [-0.39, 0.29) is 18.2 Å². The number of thioether (sulfide) groups is 2. The van der Waals surface area contributed by atoms with E-state index in [0.717, 1.165) is 17.3 Å². The molecule has 0 saturated heterocycles. The fourth-order valence-corrected chi connectivity index (χ4v) is 3.84. The Hall–Kier alpha value is -0.700. The molecule has 0 fully saturated rings. The maximum Gasteiger partial charge on any atom is 0.238 e. The zero-order valence-electron chi connectivity index (χ0n) is 12.7. The van der Waals surface area contributed by atoms with Crippen LogP contribution in [0.5, 0.6) is 0 Å². The number of carbonyl (C=O) groups is 2. The van der Waals surface area contributed by atoms with Gasteiger partial charge in [0.05, 0.1) is 5.92 Å². The lowest BCUT2D eigenvalue weighted by Gasteiger charge is -2.14. The van der Waals surface area contributed by atoms with Crippen LogP contribution in [0.25, 0.3) is 0 Å². The molecule has 0 bridgehead atoms. The van der Waals surface area contributed by atoms with Gasteiger partial charge in [0.15, 0.2) is 0 Å². The quantitative estimate of drug-likeness (QED) is 0.145. The summed E-state index contributed by atoms with van der Waals surface area (Å²) in [6.45, 7) is 8.14. The molecule has 0 aromatic rings. The Labute approximate surface area is 135 Å². The van der Waals surface area contributed by atoms with E-state index in [1.165, 1.54) is 5.57 Å². The molecular formula is C13H26N4O2S2. The van der Waals surface area contributed by atoms with Crippen LogP contribution in [0.4, 0.5) is 0 Å². The predicted octanol–water partition coefficient (Wildman–Crippen LogP) is 0.651. The minimum absolute atomic E-state index is 0.0480. The van der Waals surface area contributed by atoms with Gasteiger partial charge in [-0.2, -0.15) is 23.5 Å². The van der Waals surface area contributed by atoms with E-state index in [9.17, 15) is 9.59 Å². The van der Waals surface area contributed by atoms with Gasteiger partial charge in [0.1, 0.15) is 0 Å². The lowest BCUT2D eigenvalue weighted by Crippen LogP contribution is -2.40. The van der Waals surface area contributed by atoms with Gasteiger partial charge in [0.2, 0.25) is 11.8 Å². The molecule has 2 atom stereocenters. The second-order valence-electron chi connectivity index (χ2n) is 4.87. The number of hydrogen-bond acceptors (Lipinski definition) is 6. The molecule has 0 radical (unpaired) electrons. The summed E-state index contributed by atoms with van der Waals surface area (Å²) in [7, 11) is 0. The van der Waals surface area contributed by atoms with Crippen LogP contribution in [0.1, 0.15) is 20.3 Å². The molecule has 6 nitrogen and oxygen atoms in total. The van der Waals surface area contributed by atoms with E-state index in [0.29, 0.717) is 11.7 Å². The van der Waals surface area contributed by atoms with Gasteiger partial charge < -0.3 is 0 Å². The summed E-state index contributed by atoms with van der Waals surface area (Å²) in [5, 5.41) is 0. The van der Waals surface area contributed by atoms with E-state index in [1.54, 1.807) is 11.8 Å². The lowest BCUT2D eigenvalue weighted by molar-refractivity contribution is -0.129. The Morgan fingerprint density at radius 2 is 1.71 bits per heavy atom. The van der Waals surface area contributed by atoms with Crippen molar-refractivity contribution in [3.05, 3.63) is 12.2 Å². The fourth-order valence-electron chi connectivity index (χ4n) is 1.37. The maximum atomic E-state index is 11.6. The molecule has 21 heavy (non-hydrogen) atoms. The SMILES string of the molecule is C=C(C)C(C)CSCCSCC(CC(=O)NN)C(=O)NN. The molecule has 2 amide bonds. The third kappa shape index (κ3) is 9.78. The van der Waals surface area contributed by atoms with Crippen LogP contribution >= 0.6 is 23.5 Å². The molecule has 0 aliphatic heterocycles. The van der Waals surface area contributed by atoms with Gasteiger partial charge in [-0.15, -0.1) is 0 Å². The Kier molecular flexibility index (Phi) is 11.5. The standard InChI is InChI=1S/C13H26N4O2S2/c1-9(2)10(3)7-20-4-5-21-8-11(13(19)17-15)6-12(18)16-14/h10-11H,1,4-8,14-15H2,2-3H3,(H,16,18)(H,17,19). The summed E-state index contributed by atoms with van der Waals surface area (Å²) >= 11 is 3.50. The first-order chi connectivity index (χ1) is 9.92. The highest BCUT2D eigenvalue weighted by Gasteiger charge is 2.20. The van der Waals surface area contributed by atoms with E-state index >= 15 is 0 Å². The zero-order valence-corrected chi connectivity index (χ0v) is 14.3. The Bertz CT molecular complexity index is 353. The summed E-state index contributed by atoms with van der Waals surface area (Å²) in [5.74, 6) is 13.0.